The molecule has 0 aromatic heterocycles. The van der Waals surface area contributed by atoms with Gasteiger partial charge in [-0.25, -0.2) is 0 Å². The van der Waals surface area contributed by atoms with E-state index >= 15 is 0 Å². The second-order valence-electron chi connectivity index (χ2n) is 9.47. The van der Waals surface area contributed by atoms with Gasteiger partial charge in [0, 0.05) is 5.41 Å². The quantitative estimate of drug-likeness (QED) is 0.634. The molecule has 3 unspecified atom stereocenters. The van der Waals surface area contributed by atoms with Crippen LogP contribution >= 0.6 is 0 Å². The predicted octanol–water partition coefficient (Wildman–Crippen LogP) is 4.51. The van der Waals surface area contributed by atoms with E-state index < -0.39 is 0 Å². The van der Waals surface area contributed by atoms with Crippen LogP contribution in [0.2, 0.25) is 0 Å². The van der Waals surface area contributed by atoms with Gasteiger partial charge in [-0.1, -0.05) is 20.3 Å². The number of hydrogen-bond acceptors (Lipinski definition) is 4. The monoisotopic (exact) mass is 350 g/mol. The normalized spacial score (nSPS) is 38.2. The molecule has 0 radical (unpaired) electrons. The first-order chi connectivity index (χ1) is 11.8. The number of methoxy groups -OCH3 is 1. The van der Waals surface area contributed by atoms with E-state index in [0.29, 0.717) is 18.4 Å². The molecular formula is C21H34O4. The highest BCUT2D eigenvalue weighted by Crippen LogP contribution is 2.65. The van der Waals surface area contributed by atoms with E-state index in [1.54, 1.807) is 0 Å². The third-order valence-corrected chi connectivity index (χ3v) is 7.39. The lowest BCUT2D eigenvalue weighted by Crippen LogP contribution is -2.57. The second kappa shape index (κ2) is 6.59. The molecule has 142 valence electrons. The molecule has 0 aliphatic heterocycles. The molecule has 4 saturated carbocycles. The van der Waals surface area contributed by atoms with Crippen LogP contribution in [0.15, 0.2) is 0 Å². The largest absolute Gasteiger partial charge is 0.469 e. The molecule has 0 N–H and O–H groups in total. The molecule has 4 nitrogen and oxygen atoms in total. The third kappa shape index (κ3) is 3.21. The first kappa shape index (κ1) is 18.7. The van der Waals surface area contributed by atoms with Crippen LogP contribution in [0.3, 0.4) is 0 Å². The van der Waals surface area contributed by atoms with Gasteiger partial charge in [-0.3, -0.25) is 9.59 Å². The molecule has 0 spiro atoms. The summed E-state index contributed by atoms with van der Waals surface area (Å²) in [4.78, 5) is 25.2. The van der Waals surface area contributed by atoms with E-state index in [4.69, 9.17) is 9.47 Å². The number of rotatable bonds is 7. The first-order valence-corrected chi connectivity index (χ1v) is 10.1. The van der Waals surface area contributed by atoms with Gasteiger partial charge in [0.2, 0.25) is 0 Å². The predicted molar refractivity (Wildman–Crippen MR) is 95.8 cm³/mol. The van der Waals surface area contributed by atoms with Gasteiger partial charge in [0.25, 0.3) is 0 Å². The van der Waals surface area contributed by atoms with Crippen LogP contribution in [0.4, 0.5) is 0 Å². The lowest BCUT2D eigenvalue weighted by molar-refractivity contribution is -0.189. The second-order valence-corrected chi connectivity index (χ2v) is 9.47. The lowest BCUT2D eigenvalue weighted by atomic mass is 9.44. The van der Waals surface area contributed by atoms with Crippen LogP contribution in [-0.4, -0.2) is 25.7 Å². The number of carbonyl (C=O) groups is 2. The fourth-order valence-corrected chi connectivity index (χ4v) is 6.44. The molecule has 4 rings (SSSR count). The zero-order chi connectivity index (χ0) is 18.3. The smallest absolute Gasteiger partial charge is 0.311 e. The van der Waals surface area contributed by atoms with E-state index in [2.05, 4.69) is 13.8 Å². The van der Waals surface area contributed by atoms with Crippen LogP contribution in [0, 0.1) is 28.1 Å². The zero-order valence-corrected chi connectivity index (χ0v) is 16.4. The van der Waals surface area contributed by atoms with Gasteiger partial charge in [-0.05, 0) is 70.1 Å². The Bertz CT molecular complexity index is 526. The number of esters is 2. The summed E-state index contributed by atoms with van der Waals surface area (Å²) in [6.07, 6.45) is 8.87. The maximum atomic E-state index is 12.7. The Morgan fingerprint density at radius 3 is 2.28 bits per heavy atom. The van der Waals surface area contributed by atoms with Crippen LogP contribution in [0.25, 0.3) is 0 Å². The maximum Gasteiger partial charge on any atom is 0.311 e. The Kier molecular flexibility index (Phi) is 4.93. The molecule has 0 amide bonds. The summed E-state index contributed by atoms with van der Waals surface area (Å²) in [6.45, 7) is 6.68. The van der Waals surface area contributed by atoms with Gasteiger partial charge < -0.3 is 9.47 Å². The van der Waals surface area contributed by atoms with Crippen LogP contribution in [0.5, 0.6) is 0 Å². The molecule has 0 saturated heterocycles. The molecule has 4 aliphatic rings. The third-order valence-electron chi connectivity index (χ3n) is 7.39. The van der Waals surface area contributed by atoms with Gasteiger partial charge in [-0.2, -0.15) is 0 Å². The number of ether oxygens (including phenoxy) is 2. The van der Waals surface area contributed by atoms with Crippen molar-refractivity contribution in [3.8, 4) is 0 Å². The number of hydrogen-bond donors (Lipinski definition) is 0. The minimum absolute atomic E-state index is 0.00516. The minimum atomic E-state index is -0.378. The van der Waals surface area contributed by atoms with E-state index in [0.717, 1.165) is 51.4 Å². The van der Waals surface area contributed by atoms with Crippen molar-refractivity contribution in [1.29, 1.82) is 0 Å². The summed E-state index contributed by atoms with van der Waals surface area (Å²) >= 11 is 0. The Balaban J connectivity index is 1.72. The van der Waals surface area contributed by atoms with E-state index in [-0.39, 0.29) is 28.2 Å². The molecule has 3 atom stereocenters. The number of carbonyl (C=O) groups excluding carboxylic acids is 2. The van der Waals surface area contributed by atoms with Crippen molar-refractivity contribution in [3.05, 3.63) is 0 Å². The highest BCUT2D eigenvalue weighted by atomic mass is 16.5. The summed E-state index contributed by atoms with van der Waals surface area (Å²) in [7, 11) is 1.51. The molecular weight excluding hydrogens is 316 g/mol. The Morgan fingerprint density at radius 2 is 1.76 bits per heavy atom. The molecule has 25 heavy (non-hydrogen) atoms. The summed E-state index contributed by atoms with van der Waals surface area (Å²) in [5.74, 6) is 1.08. The Morgan fingerprint density at radius 1 is 1.12 bits per heavy atom. The van der Waals surface area contributed by atoms with Crippen LogP contribution in [0.1, 0.15) is 78.6 Å². The van der Waals surface area contributed by atoms with Crippen molar-refractivity contribution >= 4 is 11.9 Å². The SMILES string of the molecule is CCCC(C)(CC)C(=O)OCC12CC3CC(C1)CC(C(=O)OC)(C3)C2. The summed E-state index contributed by atoms with van der Waals surface area (Å²) in [6, 6.07) is 0. The first-order valence-electron chi connectivity index (χ1n) is 10.1. The molecule has 0 heterocycles. The van der Waals surface area contributed by atoms with Crippen LogP contribution in [-0.2, 0) is 19.1 Å². The standard InChI is InChI=1S/C21H34O4/c1-5-7-19(3,6-2)17(22)25-14-20-9-15-8-16(10-20)12-21(11-15,13-20)18(23)24-4/h15-16H,5-14H2,1-4H3. The van der Waals surface area contributed by atoms with Crippen molar-refractivity contribution in [1.82, 2.24) is 0 Å². The van der Waals surface area contributed by atoms with E-state index in [1.807, 2.05) is 6.92 Å². The van der Waals surface area contributed by atoms with Crippen molar-refractivity contribution in [3.63, 3.8) is 0 Å². The van der Waals surface area contributed by atoms with E-state index in [9.17, 15) is 9.59 Å². The average molecular weight is 350 g/mol. The van der Waals surface area contributed by atoms with Crippen molar-refractivity contribution < 1.29 is 19.1 Å². The Hall–Kier alpha value is -1.06. The van der Waals surface area contributed by atoms with Crippen molar-refractivity contribution in [2.45, 2.75) is 78.6 Å². The van der Waals surface area contributed by atoms with Crippen molar-refractivity contribution in [2.75, 3.05) is 13.7 Å². The van der Waals surface area contributed by atoms with Gasteiger partial charge in [-0.15, -0.1) is 0 Å². The molecule has 0 aromatic carbocycles. The molecule has 0 aromatic rings. The molecule has 4 aliphatic carbocycles. The van der Waals surface area contributed by atoms with Gasteiger partial charge >= 0.3 is 11.9 Å². The van der Waals surface area contributed by atoms with E-state index in [1.165, 1.54) is 13.5 Å². The fraction of sp³-hybridized carbons (Fsp3) is 0.905. The Labute approximate surface area is 152 Å². The van der Waals surface area contributed by atoms with Crippen LogP contribution < -0.4 is 0 Å². The van der Waals surface area contributed by atoms with Crippen molar-refractivity contribution in [2.24, 2.45) is 28.1 Å². The average Bonchev–Trinajstić information content (AvgIpc) is 2.57. The highest BCUT2D eigenvalue weighted by molar-refractivity contribution is 5.78. The lowest BCUT2D eigenvalue weighted by Gasteiger charge is -2.60. The maximum absolute atomic E-state index is 12.7. The fourth-order valence-electron chi connectivity index (χ4n) is 6.44. The van der Waals surface area contributed by atoms with Gasteiger partial charge in [0.05, 0.1) is 24.5 Å². The van der Waals surface area contributed by atoms with Gasteiger partial charge in [0.15, 0.2) is 0 Å². The molecule has 4 bridgehead atoms. The molecule has 4 heteroatoms. The minimum Gasteiger partial charge on any atom is -0.469 e. The zero-order valence-electron chi connectivity index (χ0n) is 16.4. The molecule has 4 fully saturated rings. The highest BCUT2D eigenvalue weighted by Gasteiger charge is 2.61. The summed E-state index contributed by atoms with van der Waals surface area (Å²) < 4.78 is 11.1. The summed E-state index contributed by atoms with van der Waals surface area (Å²) in [5.41, 5.74) is -0.700. The van der Waals surface area contributed by atoms with Gasteiger partial charge in [0.1, 0.15) is 0 Å². The summed E-state index contributed by atoms with van der Waals surface area (Å²) in [5, 5.41) is 0. The topological polar surface area (TPSA) is 52.6 Å².